The van der Waals surface area contributed by atoms with Crippen molar-refractivity contribution in [2.75, 3.05) is 0 Å². The van der Waals surface area contributed by atoms with E-state index < -0.39 is 0 Å². The Balaban J connectivity index is 1.55. The number of fused-ring (bicyclic) bond motifs is 1. The van der Waals surface area contributed by atoms with Crippen molar-refractivity contribution < 1.29 is 0 Å². The van der Waals surface area contributed by atoms with Crippen LogP contribution in [0.5, 0.6) is 0 Å². The molecule has 4 aromatic rings. The van der Waals surface area contributed by atoms with E-state index >= 15 is 0 Å². The molecule has 5 nitrogen and oxygen atoms in total. The molecule has 0 aliphatic heterocycles. The van der Waals surface area contributed by atoms with Crippen molar-refractivity contribution in [3.05, 3.63) is 66.1 Å². The van der Waals surface area contributed by atoms with Crippen molar-refractivity contribution in [3.63, 3.8) is 0 Å². The van der Waals surface area contributed by atoms with Gasteiger partial charge in [-0.25, -0.2) is 4.98 Å². The second-order valence-electron chi connectivity index (χ2n) is 5.72. The molecule has 0 aliphatic rings. The molecule has 4 rings (SSSR count). The van der Waals surface area contributed by atoms with Gasteiger partial charge in [0.1, 0.15) is 5.65 Å². The molecular weight excluding hydrogens is 318 g/mol. The summed E-state index contributed by atoms with van der Waals surface area (Å²) in [7, 11) is 2.00. The Morgan fingerprint density at radius 1 is 1.08 bits per heavy atom. The molecule has 0 fully saturated rings. The van der Waals surface area contributed by atoms with E-state index in [2.05, 4.69) is 46.5 Å². The Labute approximate surface area is 144 Å². The first kappa shape index (κ1) is 15.0. The Hall–Kier alpha value is -2.60. The van der Waals surface area contributed by atoms with Gasteiger partial charge in [-0.3, -0.25) is 0 Å². The fraction of sp³-hybridized carbons (Fsp3) is 0.167. The van der Waals surface area contributed by atoms with Gasteiger partial charge in [-0.15, -0.1) is 10.2 Å². The van der Waals surface area contributed by atoms with E-state index in [4.69, 9.17) is 0 Å². The second kappa shape index (κ2) is 6.13. The molecular formula is C18H17N5S. The Kier molecular flexibility index (Phi) is 3.82. The van der Waals surface area contributed by atoms with Gasteiger partial charge in [-0.2, -0.15) is 0 Å². The van der Waals surface area contributed by atoms with Gasteiger partial charge in [0, 0.05) is 30.8 Å². The van der Waals surface area contributed by atoms with Crippen LogP contribution >= 0.6 is 11.8 Å². The fourth-order valence-electron chi connectivity index (χ4n) is 2.67. The molecule has 0 radical (unpaired) electrons. The SMILES string of the molecule is Cc1cccc(-c2nnc(SCc3cn4ccccc4n3)n2C)c1. The van der Waals surface area contributed by atoms with Crippen LogP contribution in [0.2, 0.25) is 0 Å². The maximum absolute atomic E-state index is 4.62. The van der Waals surface area contributed by atoms with Crippen molar-refractivity contribution in [2.24, 2.45) is 7.05 Å². The summed E-state index contributed by atoms with van der Waals surface area (Å²) < 4.78 is 4.07. The van der Waals surface area contributed by atoms with Crippen LogP contribution in [-0.2, 0) is 12.8 Å². The second-order valence-corrected chi connectivity index (χ2v) is 6.66. The van der Waals surface area contributed by atoms with E-state index in [0.29, 0.717) is 0 Å². The van der Waals surface area contributed by atoms with Crippen LogP contribution in [0.4, 0.5) is 0 Å². The van der Waals surface area contributed by atoms with Crippen LogP contribution in [0.15, 0.2) is 60.0 Å². The average molecular weight is 335 g/mol. The molecule has 120 valence electrons. The average Bonchev–Trinajstić information content (AvgIpc) is 3.16. The number of hydrogen-bond donors (Lipinski definition) is 0. The largest absolute Gasteiger partial charge is 0.307 e. The Morgan fingerprint density at radius 3 is 2.83 bits per heavy atom. The third kappa shape index (κ3) is 2.80. The Morgan fingerprint density at radius 2 is 2.00 bits per heavy atom. The fourth-order valence-corrected chi connectivity index (χ4v) is 3.47. The molecule has 0 saturated carbocycles. The van der Waals surface area contributed by atoms with Gasteiger partial charge in [-0.05, 0) is 25.1 Å². The number of aromatic nitrogens is 5. The molecule has 0 saturated heterocycles. The maximum atomic E-state index is 4.62. The lowest BCUT2D eigenvalue weighted by molar-refractivity contribution is 0.793. The van der Waals surface area contributed by atoms with Gasteiger partial charge in [-0.1, -0.05) is 41.6 Å². The summed E-state index contributed by atoms with van der Waals surface area (Å²) in [5.41, 5.74) is 4.30. The van der Waals surface area contributed by atoms with Crippen LogP contribution in [0, 0.1) is 6.92 Å². The zero-order valence-electron chi connectivity index (χ0n) is 13.5. The summed E-state index contributed by atoms with van der Waals surface area (Å²) in [6, 6.07) is 14.3. The highest BCUT2D eigenvalue weighted by atomic mass is 32.2. The van der Waals surface area contributed by atoms with E-state index in [1.54, 1.807) is 11.8 Å². The minimum absolute atomic E-state index is 0.765. The molecule has 0 spiro atoms. The van der Waals surface area contributed by atoms with Gasteiger partial charge in [0.25, 0.3) is 0 Å². The zero-order valence-corrected chi connectivity index (χ0v) is 14.4. The first-order valence-corrected chi connectivity index (χ1v) is 8.71. The minimum atomic E-state index is 0.765. The predicted octanol–water partition coefficient (Wildman–Crippen LogP) is 3.73. The highest BCUT2D eigenvalue weighted by Crippen LogP contribution is 2.25. The quantitative estimate of drug-likeness (QED) is 0.533. The summed E-state index contributed by atoms with van der Waals surface area (Å²) in [5.74, 6) is 1.65. The van der Waals surface area contributed by atoms with Crippen LogP contribution in [-0.4, -0.2) is 24.1 Å². The third-order valence-corrected chi connectivity index (χ3v) is 4.93. The van der Waals surface area contributed by atoms with Crippen molar-refractivity contribution in [3.8, 4) is 11.4 Å². The highest BCUT2D eigenvalue weighted by Gasteiger charge is 2.12. The lowest BCUT2D eigenvalue weighted by Crippen LogP contribution is -1.95. The van der Waals surface area contributed by atoms with E-state index in [1.165, 1.54) is 5.56 Å². The summed E-state index contributed by atoms with van der Waals surface area (Å²) in [5, 5.41) is 9.57. The van der Waals surface area contributed by atoms with Crippen LogP contribution in [0.3, 0.4) is 0 Å². The van der Waals surface area contributed by atoms with Gasteiger partial charge in [0.05, 0.1) is 5.69 Å². The van der Waals surface area contributed by atoms with Gasteiger partial charge < -0.3 is 8.97 Å². The van der Waals surface area contributed by atoms with Crippen LogP contribution in [0.1, 0.15) is 11.3 Å². The number of hydrogen-bond acceptors (Lipinski definition) is 4. The topological polar surface area (TPSA) is 48.0 Å². The molecule has 6 heteroatoms. The number of rotatable bonds is 4. The molecule has 0 unspecified atom stereocenters. The molecule has 0 amide bonds. The summed E-state index contributed by atoms with van der Waals surface area (Å²) in [6.07, 6.45) is 4.06. The van der Waals surface area contributed by atoms with Gasteiger partial charge in [0.2, 0.25) is 0 Å². The molecule has 1 aromatic carbocycles. The first-order chi connectivity index (χ1) is 11.7. The van der Waals surface area contributed by atoms with Crippen LogP contribution in [0.25, 0.3) is 17.0 Å². The van der Waals surface area contributed by atoms with Crippen molar-refractivity contribution in [1.29, 1.82) is 0 Å². The van der Waals surface area contributed by atoms with Gasteiger partial charge >= 0.3 is 0 Å². The molecule has 0 N–H and O–H groups in total. The summed E-state index contributed by atoms with van der Waals surface area (Å²) >= 11 is 1.65. The lowest BCUT2D eigenvalue weighted by atomic mass is 10.1. The molecule has 0 atom stereocenters. The lowest BCUT2D eigenvalue weighted by Gasteiger charge is -2.04. The van der Waals surface area contributed by atoms with Crippen molar-refractivity contribution in [1.82, 2.24) is 24.1 Å². The zero-order chi connectivity index (χ0) is 16.5. The van der Waals surface area contributed by atoms with Crippen molar-refractivity contribution >= 4 is 17.4 Å². The summed E-state index contributed by atoms with van der Waals surface area (Å²) in [6.45, 7) is 2.08. The molecule has 0 aliphatic carbocycles. The smallest absolute Gasteiger partial charge is 0.191 e. The molecule has 0 bridgehead atoms. The Bertz CT molecular complexity index is 968. The number of pyridine rings is 1. The molecule has 3 aromatic heterocycles. The number of imidazole rings is 1. The number of benzene rings is 1. The number of thioether (sulfide) groups is 1. The third-order valence-electron chi connectivity index (χ3n) is 3.87. The van der Waals surface area contributed by atoms with Crippen LogP contribution < -0.4 is 0 Å². The van der Waals surface area contributed by atoms with E-state index in [0.717, 1.165) is 33.6 Å². The minimum Gasteiger partial charge on any atom is -0.307 e. The normalized spacial score (nSPS) is 11.2. The first-order valence-electron chi connectivity index (χ1n) is 7.72. The maximum Gasteiger partial charge on any atom is 0.191 e. The standard InChI is InChI=1S/C18H17N5S/c1-13-6-5-7-14(10-13)17-20-21-18(22(17)2)24-12-15-11-23-9-4-3-8-16(23)19-15/h3-11H,12H2,1-2H3. The predicted molar refractivity (Wildman–Crippen MR) is 95.9 cm³/mol. The number of aryl methyl sites for hydroxylation is 1. The van der Waals surface area contributed by atoms with E-state index in [9.17, 15) is 0 Å². The monoisotopic (exact) mass is 335 g/mol. The van der Waals surface area contributed by atoms with E-state index in [1.807, 2.05) is 46.5 Å². The van der Waals surface area contributed by atoms with Gasteiger partial charge in [0.15, 0.2) is 11.0 Å². The highest BCUT2D eigenvalue weighted by molar-refractivity contribution is 7.98. The molecule has 3 heterocycles. The van der Waals surface area contributed by atoms with E-state index in [-0.39, 0.29) is 0 Å². The molecule has 24 heavy (non-hydrogen) atoms. The number of nitrogens with zero attached hydrogens (tertiary/aromatic N) is 5. The van der Waals surface area contributed by atoms with Crippen molar-refractivity contribution in [2.45, 2.75) is 17.8 Å². The summed E-state index contributed by atoms with van der Waals surface area (Å²) in [4.78, 5) is 4.62.